The Kier molecular flexibility index (Phi) is 5.82. The summed E-state index contributed by atoms with van der Waals surface area (Å²) in [6.07, 6.45) is 3.38. The van der Waals surface area contributed by atoms with Crippen LogP contribution in [0.3, 0.4) is 0 Å². The molecule has 33 heavy (non-hydrogen) atoms. The third-order valence-electron chi connectivity index (χ3n) is 5.03. The maximum Gasteiger partial charge on any atom is 0.231 e. The molecule has 0 radical (unpaired) electrons. The molecule has 0 spiro atoms. The fourth-order valence-electron chi connectivity index (χ4n) is 3.47. The number of carbonyl (C=O) groups excluding carboxylic acids is 1. The second-order valence-electron chi connectivity index (χ2n) is 7.41. The minimum atomic E-state index is -0.330. The number of nitrogens with one attached hydrogen (secondary N) is 1. The van der Waals surface area contributed by atoms with Crippen LogP contribution in [0.2, 0.25) is 0 Å². The largest absolute Gasteiger partial charge is 0.462 e. The smallest absolute Gasteiger partial charge is 0.231 e. The summed E-state index contributed by atoms with van der Waals surface area (Å²) in [6, 6.07) is 19.6. The number of carbonyl (C=O) groups is 1. The van der Waals surface area contributed by atoms with Gasteiger partial charge in [-0.15, -0.1) is 11.3 Å². The molecule has 2 aromatic carbocycles. The molecule has 5 aromatic rings. The Labute approximate surface area is 193 Å². The lowest BCUT2D eigenvalue weighted by Gasteiger charge is -2.12. The fraction of sp³-hybridized carbons (Fsp3) is 0.0800. The standard InChI is InChI=1S/C25H19FN4O2S/c26-19-10-8-18(9-11-19)23-24(30(16-27-23)14-17-5-2-1-3-6-17)29-22(31)13-20-15-33-25(28-20)21-7-4-12-32-21/h1-12,15-16H,13-14H2,(H,29,31). The van der Waals surface area contributed by atoms with E-state index in [0.717, 1.165) is 10.6 Å². The minimum Gasteiger partial charge on any atom is -0.462 e. The molecule has 8 heteroatoms. The maximum absolute atomic E-state index is 13.4. The van der Waals surface area contributed by atoms with Gasteiger partial charge >= 0.3 is 0 Å². The summed E-state index contributed by atoms with van der Waals surface area (Å²) >= 11 is 1.43. The van der Waals surface area contributed by atoms with E-state index >= 15 is 0 Å². The first-order valence-corrected chi connectivity index (χ1v) is 11.2. The first-order valence-electron chi connectivity index (χ1n) is 10.3. The lowest BCUT2D eigenvalue weighted by molar-refractivity contribution is -0.115. The van der Waals surface area contributed by atoms with Gasteiger partial charge in [0.1, 0.15) is 17.3 Å². The van der Waals surface area contributed by atoms with E-state index in [1.807, 2.05) is 46.3 Å². The highest BCUT2D eigenvalue weighted by Gasteiger charge is 2.18. The van der Waals surface area contributed by atoms with Crippen LogP contribution in [0.25, 0.3) is 22.0 Å². The number of nitrogens with zero attached hydrogens (tertiary/aromatic N) is 3. The van der Waals surface area contributed by atoms with E-state index in [9.17, 15) is 9.18 Å². The van der Waals surface area contributed by atoms with Crippen molar-refractivity contribution < 1.29 is 13.6 Å². The zero-order valence-corrected chi connectivity index (χ0v) is 18.3. The van der Waals surface area contributed by atoms with E-state index < -0.39 is 0 Å². The number of aromatic nitrogens is 3. The van der Waals surface area contributed by atoms with Gasteiger partial charge in [0.25, 0.3) is 0 Å². The Morgan fingerprint density at radius 3 is 2.64 bits per heavy atom. The number of imidazole rings is 1. The van der Waals surface area contributed by atoms with Crippen LogP contribution in [0.4, 0.5) is 10.2 Å². The summed E-state index contributed by atoms with van der Waals surface area (Å²) in [5, 5.41) is 5.57. The van der Waals surface area contributed by atoms with Crippen molar-refractivity contribution in [1.29, 1.82) is 0 Å². The summed E-state index contributed by atoms with van der Waals surface area (Å²) in [5.41, 5.74) is 3.01. The third-order valence-corrected chi connectivity index (χ3v) is 5.94. The lowest BCUT2D eigenvalue weighted by atomic mass is 10.1. The van der Waals surface area contributed by atoms with E-state index in [1.54, 1.807) is 30.8 Å². The lowest BCUT2D eigenvalue weighted by Crippen LogP contribution is -2.18. The van der Waals surface area contributed by atoms with Gasteiger partial charge in [-0.05, 0) is 42.0 Å². The fourth-order valence-corrected chi connectivity index (χ4v) is 4.26. The van der Waals surface area contributed by atoms with Crippen molar-refractivity contribution >= 4 is 23.1 Å². The topological polar surface area (TPSA) is 73.0 Å². The summed E-state index contributed by atoms with van der Waals surface area (Å²) < 4.78 is 20.7. The van der Waals surface area contributed by atoms with Crippen molar-refractivity contribution in [2.24, 2.45) is 0 Å². The van der Waals surface area contributed by atoms with Crippen molar-refractivity contribution in [1.82, 2.24) is 14.5 Å². The zero-order valence-electron chi connectivity index (χ0n) is 17.4. The van der Waals surface area contributed by atoms with Crippen molar-refractivity contribution in [2.75, 3.05) is 5.32 Å². The van der Waals surface area contributed by atoms with Crippen LogP contribution in [0.1, 0.15) is 11.3 Å². The molecule has 3 heterocycles. The molecule has 0 saturated heterocycles. The van der Waals surface area contributed by atoms with Gasteiger partial charge in [0.2, 0.25) is 5.91 Å². The van der Waals surface area contributed by atoms with Gasteiger partial charge in [-0.25, -0.2) is 14.4 Å². The molecule has 3 aromatic heterocycles. The average Bonchev–Trinajstić information content (AvgIpc) is 3.58. The molecule has 6 nitrogen and oxygen atoms in total. The number of halogens is 1. The van der Waals surface area contributed by atoms with Gasteiger partial charge in [-0.2, -0.15) is 0 Å². The molecular formula is C25H19FN4O2S. The minimum absolute atomic E-state index is 0.108. The molecule has 0 fully saturated rings. The Morgan fingerprint density at radius 2 is 1.88 bits per heavy atom. The summed E-state index contributed by atoms with van der Waals surface area (Å²) in [7, 11) is 0. The second-order valence-corrected chi connectivity index (χ2v) is 8.27. The number of anilines is 1. The van der Waals surface area contributed by atoms with Gasteiger partial charge in [0, 0.05) is 10.9 Å². The zero-order chi connectivity index (χ0) is 22.6. The van der Waals surface area contributed by atoms with E-state index in [1.165, 1.54) is 23.5 Å². The molecule has 1 amide bonds. The highest BCUT2D eigenvalue weighted by molar-refractivity contribution is 7.13. The predicted molar refractivity (Wildman–Crippen MR) is 125 cm³/mol. The van der Waals surface area contributed by atoms with Crippen molar-refractivity contribution in [3.63, 3.8) is 0 Å². The Hall–Kier alpha value is -4.04. The SMILES string of the molecule is O=C(Cc1csc(-c2ccco2)n1)Nc1c(-c2ccc(F)cc2)ncn1Cc1ccccc1. The molecule has 0 aliphatic rings. The molecular weight excluding hydrogens is 439 g/mol. The molecule has 1 N–H and O–H groups in total. The molecule has 0 atom stereocenters. The van der Waals surface area contributed by atoms with E-state index in [0.29, 0.717) is 35.1 Å². The molecule has 0 aliphatic heterocycles. The van der Waals surface area contributed by atoms with Gasteiger partial charge in [-0.3, -0.25) is 4.79 Å². The quantitative estimate of drug-likeness (QED) is 0.343. The van der Waals surface area contributed by atoms with Gasteiger partial charge in [-0.1, -0.05) is 30.3 Å². The second kappa shape index (κ2) is 9.22. The molecule has 0 aliphatic carbocycles. The number of hydrogen-bond acceptors (Lipinski definition) is 5. The molecule has 0 bridgehead atoms. The number of benzene rings is 2. The highest BCUT2D eigenvalue weighted by Crippen LogP contribution is 2.28. The number of amides is 1. The first kappa shape index (κ1) is 20.8. The number of furan rings is 1. The molecule has 5 rings (SSSR count). The van der Waals surface area contributed by atoms with Crippen LogP contribution in [0, 0.1) is 5.82 Å². The van der Waals surface area contributed by atoms with Crippen LogP contribution in [0.15, 0.2) is 89.1 Å². The maximum atomic E-state index is 13.4. The van der Waals surface area contributed by atoms with Gasteiger partial charge < -0.3 is 14.3 Å². The van der Waals surface area contributed by atoms with E-state index in [2.05, 4.69) is 15.3 Å². The Balaban J connectivity index is 1.40. The van der Waals surface area contributed by atoms with Crippen LogP contribution in [-0.2, 0) is 17.8 Å². The van der Waals surface area contributed by atoms with Crippen LogP contribution in [0.5, 0.6) is 0 Å². The molecule has 0 unspecified atom stereocenters. The monoisotopic (exact) mass is 458 g/mol. The first-order chi connectivity index (χ1) is 16.2. The van der Waals surface area contributed by atoms with Gasteiger partial charge in [0.05, 0.1) is 31.2 Å². The number of rotatable bonds is 7. The number of hydrogen-bond donors (Lipinski definition) is 1. The Morgan fingerprint density at radius 1 is 1.06 bits per heavy atom. The highest BCUT2D eigenvalue weighted by atomic mass is 32.1. The number of thiazole rings is 1. The summed E-state index contributed by atoms with van der Waals surface area (Å²) in [4.78, 5) is 22.0. The van der Waals surface area contributed by atoms with Gasteiger partial charge in [0.15, 0.2) is 10.8 Å². The van der Waals surface area contributed by atoms with Crippen LogP contribution in [-0.4, -0.2) is 20.4 Å². The van der Waals surface area contributed by atoms with Crippen molar-refractivity contribution in [3.8, 4) is 22.0 Å². The predicted octanol–water partition coefficient (Wildman–Crippen LogP) is 5.64. The summed E-state index contributed by atoms with van der Waals surface area (Å²) in [6.45, 7) is 0.532. The Bertz CT molecular complexity index is 1360. The molecule has 0 saturated carbocycles. The van der Waals surface area contributed by atoms with E-state index in [-0.39, 0.29) is 18.1 Å². The normalized spacial score (nSPS) is 10.9. The third kappa shape index (κ3) is 4.75. The van der Waals surface area contributed by atoms with E-state index in [4.69, 9.17) is 4.42 Å². The molecule has 164 valence electrons. The van der Waals surface area contributed by atoms with Crippen molar-refractivity contribution in [2.45, 2.75) is 13.0 Å². The van der Waals surface area contributed by atoms with Crippen LogP contribution >= 0.6 is 11.3 Å². The average molecular weight is 459 g/mol. The van der Waals surface area contributed by atoms with Crippen LogP contribution < -0.4 is 5.32 Å². The summed E-state index contributed by atoms with van der Waals surface area (Å²) in [5.74, 6) is 0.677. The van der Waals surface area contributed by atoms with Crippen molar-refractivity contribution in [3.05, 3.63) is 102 Å².